The molecular weight excluding hydrogens is 224 g/mol. The number of aryl methyl sites for hydroxylation is 1. The molecule has 104 valence electrons. The summed E-state index contributed by atoms with van der Waals surface area (Å²) in [5.74, 6) is 1.11. The average Bonchev–Trinajstić information content (AvgIpc) is 2.82. The van der Waals surface area contributed by atoms with Crippen LogP contribution in [-0.4, -0.2) is 27.4 Å². The monoisotopic (exact) mass is 252 g/mol. The fourth-order valence-corrected chi connectivity index (χ4v) is 2.31. The van der Waals surface area contributed by atoms with Crippen LogP contribution < -0.4 is 5.32 Å². The van der Waals surface area contributed by atoms with Gasteiger partial charge >= 0.3 is 0 Å². The molecule has 0 saturated carbocycles. The lowest BCUT2D eigenvalue weighted by Crippen LogP contribution is -2.32. The Kier molecular flexibility index (Phi) is 7.65. The summed E-state index contributed by atoms with van der Waals surface area (Å²) in [5, 5.41) is 7.80. The third-order valence-corrected chi connectivity index (χ3v) is 3.32. The fraction of sp³-hybridized carbons (Fsp3) is 0.857. The van der Waals surface area contributed by atoms with Gasteiger partial charge in [-0.2, -0.15) is 5.10 Å². The minimum absolute atomic E-state index is 0.543. The van der Waals surface area contributed by atoms with Gasteiger partial charge in [-0.15, -0.1) is 0 Å². The molecule has 0 aliphatic carbocycles. The first-order chi connectivity index (χ1) is 8.81. The summed E-state index contributed by atoms with van der Waals surface area (Å²) in [6.07, 6.45) is 9.21. The molecule has 0 spiro atoms. The Balaban J connectivity index is 2.41. The van der Waals surface area contributed by atoms with Crippen LogP contribution in [0, 0.1) is 0 Å². The largest absolute Gasteiger partial charge is 0.314 e. The van der Waals surface area contributed by atoms with Gasteiger partial charge in [0.1, 0.15) is 12.2 Å². The molecule has 4 nitrogen and oxygen atoms in total. The van der Waals surface area contributed by atoms with Crippen molar-refractivity contribution < 1.29 is 0 Å². The molecule has 0 radical (unpaired) electrons. The van der Waals surface area contributed by atoms with Crippen LogP contribution in [0.5, 0.6) is 0 Å². The Hall–Kier alpha value is -0.900. The van der Waals surface area contributed by atoms with E-state index in [0.29, 0.717) is 6.04 Å². The highest BCUT2D eigenvalue weighted by Crippen LogP contribution is 2.09. The Labute approximate surface area is 111 Å². The molecule has 0 bridgehead atoms. The smallest absolute Gasteiger partial charge is 0.138 e. The molecule has 0 aliphatic heterocycles. The molecule has 1 aromatic rings. The van der Waals surface area contributed by atoms with Crippen molar-refractivity contribution in [3.63, 3.8) is 0 Å². The van der Waals surface area contributed by atoms with Gasteiger partial charge in [0.25, 0.3) is 0 Å². The molecule has 1 heterocycles. The van der Waals surface area contributed by atoms with Crippen molar-refractivity contribution >= 4 is 0 Å². The summed E-state index contributed by atoms with van der Waals surface area (Å²) >= 11 is 0. The number of hydrogen-bond acceptors (Lipinski definition) is 3. The van der Waals surface area contributed by atoms with Crippen molar-refractivity contribution in [3.8, 4) is 0 Å². The number of rotatable bonds is 10. The zero-order valence-corrected chi connectivity index (χ0v) is 12.2. The van der Waals surface area contributed by atoms with Crippen LogP contribution in [0.4, 0.5) is 0 Å². The highest BCUT2D eigenvalue weighted by atomic mass is 15.3. The second kappa shape index (κ2) is 9.09. The van der Waals surface area contributed by atoms with Gasteiger partial charge in [-0.3, -0.25) is 4.68 Å². The van der Waals surface area contributed by atoms with E-state index < -0.39 is 0 Å². The van der Waals surface area contributed by atoms with Gasteiger partial charge in [0, 0.05) is 19.0 Å². The van der Waals surface area contributed by atoms with Gasteiger partial charge in [0.15, 0.2) is 0 Å². The highest BCUT2D eigenvalue weighted by Gasteiger charge is 2.12. The Morgan fingerprint density at radius 1 is 1.22 bits per heavy atom. The van der Waals surface area contributed by atoms with Gasteiger partial charge in [0.2, 0.25) is 0 Å². The van der Waals surface area contributed by atoms with Crippen LogP contribution in [0.1, 0.15) is 58.7 Å². The van der Waals surface area contributed by atoms with E-state index >= 15 is 0 Å². The molecular formula is C14H28N4. The van der Waals surface area contributed by atoms with E-state index in [-0.39, 0.29) is 0 Å². The van der Waals surface area contributed by atoms with Crippen molar-refractivity contribution in [2.24, 2.45) is 0 Å². The van der Waals surface area contributed by atoms with Crippen molar-refractivity contribution in [2.45, 2.75) is 71.9 Å². The molecule has 4 heteroatoms. The van der Waals surface area contributed by atoms with Crippen molar-refractivity contribution in [2.75, 3.05) is 6.54 Å². The van der Waals surface area contributed by atoms with Gasteiger partial charge < -0.3 is 5.32 Å². The maximum Gasteiger partial charge on any atom is 0.138 e. The van der Waals surface area contributed by atoms with Crippen LogP contribution in [0.15, 0.2) is 6.33 Å². The molecule has 1 atom stereocenters. The predicted molar refractivity (Wildman–Crippen MR) is 75.6 cm³/mol. The number of nitrogens with one attached hydrogen (secondary N) is 1. The summed E-state index contributed by atoms with van der Waals surface area (Å²) in [7, 11) is 0. The van der Waals surface area contributed by atoms with Gasteiger partial charge in [-0.25, -0.2) is 4.98 Å². The van der Waals surface area contributed by atoms with Crippen LogP contribution in [0.3, 0.4) is 0 Å². The molecule has 0 aromatic carbocycles. The first kappa shape index (κ1) is 15.2. The SMILES string of the molecule is CCCCCCC(Cc1ncnn1CC)NCC. The molecule has 1 rings (SSSR count). The van der Waals surface area contributed by atoms with Crippen molar-refractivity contribution in [1.29, 1.82) is 0 Å². The van der Waals surface area contributed by atoms with Crippen molar-refractivity contribution in [3.05, 3.63) is 12.2 Å². The van der Waals surface area contributed by atoms with Gasteiger partial charge in [0.05, 0.1) is 0 Å². The lowest BCUT2D eigenvalue weighted by molar-refractivity contribution is 0.445. The molecule has 0 amide bonds. The fourth-order valence-electron chi connectivity index (χ4n) is 2.31. The third kappa shape index (κ3) is 5.17. The lowest BCUT2D eigenvalue weighted by Gasteiger charge is -2.17. The Morgan fingerprint density at radius 2 is 2.06 bits per heavy atom. The van der Waals surface area contributed by atoms with E-state index in [1.807, 2.05) is 4.68 Å². The summed E-state index contributed by atoms with van der Waals surface area (Å²) in [5.41, 5.74) is 0. The summed E-state index contributed by atoms with van der Waals surface area (Å²) in [6.45, 7) is 8.47. The molecule has 0 saturated heterocycles. The number of nitrogens with zero attached hydrogens (tertiary/aromatic N) is 3. The molecule has 18 heavy (non-hydrogen) atoms. The first-order valence-corrected chi connectivity index (χ1v) is 7.41. The summed E-state index contributed by atoms with van der Waals surface area (Å²) in [6, 6.07) is 0.543. The zero-order valence-electron chi connectivity index (χ0n) is 12.2. The predicted octanol–water partition coefficient (Wildman–Crippen LogP) is 2.79. The average molecular weight is 252 g/mol. The Morgan fingerprint density at radius 3 is 2.72 bits per heavy atom. The molecule has 1 aromatic heterocycles. The molecule has 0 fully saturated rings. The second-order valence-electron chi connectivity index (χ2n) is 4.80. The third-order valence-electron chi connectivity index (χ3n) is 3.32. The van der Waals surface area contributed by atoms with Crippen LogP contribution in [-0.2, 0) is 13.0 Å². The van der Waals surface area contributed by atoms with E-state index in [9.17, 15) is 0 Å². The highest BCUT2D eigenvalue weighted by molar-refractivity contribution is 4.89. The zero-order chi connectivity index (χ0) is 13.2. The minimum atomic E-state index is 0.543. The van der Waals surface area contributed by atoms with E-state index in [4.69, 9.17) is 0 Å². The maximum absolute atomic E-state index is 4.37. The number of unbranched alkanes of at least 4 members (excludes halogenated alkanes) is 3. The number of hydrogen-bond donors (Lipinski definition) is 1. The molecule has 1 N–H and O–H groups in total. The topological polar surface area (TPSA) is 42.7 Å². The van der Waals surface area contributed by atoms with Crippen LogP contribution >= 0.6 is 0 Å². The molecule has 1 unspecified atom stereocenters. The molecule has 0 aliphatic rings. The van der Waals surface area contributed by atoms with Gasteiger partial charge in [-0.05, 0) is 19.9 Å². The van der Waals surface area contributed by atoms with Crippen molar-refractivity contribution in [1.82, 2.24) is 20.1 Å². The second-order valence-corrected chi connectivity index (χ2v) is 4.80. The minimum Gasteiger partial charge on any atom is -0.314 e. The maximum atomic E-state index is 4.37. The van der Waals surface area contributed by atoms with Gasteiger partial charge in [-0.1, -0.05) is 39.5 Å². The number of likely N-dealkylation sites (N-methyl/N-ethyl adjacent to an activating group) is 1. The van der Waals surface area contributed by atoms with E-state index in [1.165, 1.54) is 32.1 Å². The first-order valence-electron chi connectivity index (χ1n) is 7.41. The standard InChI is InChI=1S/C14H28N4/c1-4-7-8-9-10-13(15-5-2)11-14-16-12-17-18(14)6-3/h12-13,15H,4-11H2,1-3H3. The lowest BCUT2D eigenvalue weighted by atomic mass is 10.0. The van der Waals surface area contributed by atoms with E-state index in [1.54, 1.807) is 6.33 Å². The Bertz CT molecular complexity index is 308. The van der Waals surface area contributed by atoms with Crippen LogP contribution in [0.2, 0.25) is 0 Å². The van der Waals surface area contributed by atoms with E-state index in [0.717, 1.165) is 25.3 Å². The summed E-state index contributed by atoms with van der Waals surface area (Å²) in [4.78, 5) is 4.37. The van der Waals surface area contributed by atoms with Crippen LogP contribution in [0.25, 0.3) is 0 Å². The summed E-state index contributed by atoms with van der Waals surface area (Å²) < 4.78 is 2.00. The van der Waals surface area contributed by atoms with E-state index in [2.05, 4.69) is 36.2 Å². The number of aromatic nitrogens is 3. The normalized spacial score (nSPS) is 12.8. The quantitative estimate of drug-likeness (QED) is 0.651.